The Labute approximate surface area is 130 Å². The number of rotatable bonds is 9. The van der Waals surface area contributed by atoms with Gasteiger partial charge in [-0.3, -0.25) is 9.91 Å². The van der Waals surface area contributed by atoms with E-state index in [4.69, 9.17) is 5.84 Å². The van der Waals surface area contributed by atoms with Crippen LogP contribution in [0.15, 0.2) is 36.5 Å². The van der Waals surface area contributed by atoms with Gasteiger partial charge in [-0.25, -0.2) is 5.84 Å². The first-order valence-electron chi connectivity index (χ1n) is 8.05. The highest BCUT2D eigenvalue weighted by molar-refractivity contribution is 5.56. The molecule has 3 nitrogen and oxygen atoms in total. The number of para-hydroxylation sites is 1. The second kappa shape index (κ2) is 8.85. The van der Waals surface area contributed by atoms with Crippen LogP contribution in [0.4, 0.5) is 5.69 Å². The highest BCUT2D eigenvalue weighted by Gasteiger charge is 2.16. The van der Waals surface area contributed by atoms with Crippen LogP contribution in [0.2, 0.25) is 0 Å². The quantitative estimate of drug-likeness (QED) is 0.552. The molecule has 0 heterocycles. The Hall–Kier alpha value is -1.32. The Bertz CT molecular complexity index is 442. The Morgan fingerprint density at radius 2 is 1.90 bits per heavy atom. The lowest BCUT2D eigenvalue weighted by Gasteiger charge is -2.31. The molecule has 0 aliphatic rings. The van der Waals surface area contributed by atoms with E-state index in [0.29, 0.717) is 6.04 Å². The van der Waals surface area contributed by atoms with Crippen LogP contribution >= 0.6 is 0 Å². The number of nitrogens with zero attached hydrogens (tertiary/aromatic N) is 2. The van der Waals surface area contributed by atoms with Gasteiger partial charge < -0.3 is 0 Å². The van der Waals surface area contributed by atoms with Crippen LogP contribution in [0.3, 0.4) is 0 Å². The van der Waals surface area contributed by atoms with Crippen LogP contribution in [-0.4, -0.2) is 24.5 Å². The Balaban J connectivity index is 2.74. The van der Waals surface area contributed by atoms with E-state index in [9.17, 15) is 0 Å². The molecule has 0 amide bonds. The van der Waals surface area contributed by atoms with Crippen molar-refractivity contribution in [3.05, 3.63) is 42.1 Å². The van der Waals surface area contributed by atoms with Gasteiger partial charge in [0.2, 0.25) is 0 Å². The first-order chi connectivity index (χ1) is 10.0. The molecule has 0 aliphatic carbocycles. The smallest absolute Gasteiger partial charge is 0.0603 e. The topological polar surface area (TPSA) is 32.5 Å². The zero-order chi connectivity index (χ0) is 15.8. The Kier molecular flexibility index (Phi) is 7.48. The third-order valence-corrected chi connectivity index (χ3v) is 4.12. The summed E-state index contributed by atoms with van der Waals surface area (Å²) in [6.45, 7) is 11.6. The summed E-state index contributed by atoms with van der Waals surface area (Å²) in [7, 11) is 2.16. The number of benzene rings is 1. The van der Waals surface area contributed by atoms with Gasteiger partial charge in [0.05, 0.1) is 5.69 Å². The van der Waals surface area contributed by atoms with Crippen LogP contribution in [0.1, 0.15) is 45.6 Å². The molecule has 0 radical (unpaired) electrons. The molecule has 1 rings (SSSR count). The highest BCUT2D eigenvalue weighted by Crippen LogP contribution is 2.22. The standard InChI is InChI=1S/C18H31N3/c1-6-11-17(8-3)20(5)14-15(4)21(19)18-13-10-9-12-16(18)7-2/h9-10,12-13,17H,4,6-8,11,14,19H2,1-3,5H3. The van der Waals surface area contributed by atoms with Gasteiger partial charge in [0.25, 0.3) is 0 Å². The second-order valence-electron chi connectivity index (χ2n) is 5.68. The molecule has 0 saturated heterocycles. The normalized spacial score (nSPS) is 12.5. The summed E-state index contributed by atoms with van der Waals surface area (Å²) in [4.78, 5) is 2.36. The molecule has 118 valence electrons. The molecule has 0 aromatic heterocycles. The SMILES string of the molecule is C=C(CN(C)C(CC)CCC)N(N)c1ccccc1CC. The van der Waals surface area contributed by atoms with Gasteiger partial charge >= 0.3 is 0 Å². The molecule has 0 bridgehead atoms. The lowest BCUT2D eigenvalue weighted by molar-refractivity contribution is 0.239. The minimum Gasteiger partial charge on any atom is -0.298 e. The number of anilines is 1. The summed E-state index contributed by atoms with van der Waals surface area (Å²) < 4.78 is 0. The van der Waals surface area contributed by atoms with Gasteiger partial charge in [0.15, 0.2) is 0 Å². The van der Waals surface area contributed by atoms with Gasteiger partial charge in [-0.05, 0) is 37.9 Å². The number of hydrazine groups is 1. The van der Waals surface area contributed by atoms with Crippen LogP contribution in [0.25, 0.3) is 0 Å². The first kappa shape index (κ1) is 17.7. The molecule has 3 heteroatoms. The van der Waals surface area contributed by atoms with E-state index in [1.165, 1.54) is 18.4 Å². The first-order valence-corrected chi connectivity index (χ1v) is 8.05. The molecule has 21 heavy (non-hydrogen) atoms. The average molecular weight is 289 g/mol. The predicted molar refractivity (Wildman–Crippen MR) is 93.2 cm³/mol. The maximum atomic E-state index is 6.29. The van der Waals surface area contributed by atoms with E-state index in [2.05, 4.69) is 57.5 Å². The molecule has 1 atom stereocenters. The molecule has 1 aromatic rings. The van der Waals surface area contributed by atoms with E-state index in [1.807, 2.05) is 6.07 Å². The third kappa shape index (κ3) is 4.87. The van der Waals surface area contributed by atoms with Crippen molar-refractivity contribution in [2.24, 2.45) is 5.84 Å². The van der Waals surface area contributed by atoms with E-state index >= 15 is 0 Å². The van der Waals surface area contributed by atoms with Crippen LogP contribution in [0.5, 0.6) is 0 Å². The van der Waals surface area contributed by atoms with Gasteiger partial charge in [-0.1, -0.05) is 52.0 Å². The lowest BCUT2D eigenvalue weighted by Crippen LogP contribution is -2.39. The summed E-state index contributed by atoms with van der Waals surface area (Å²) in [5.74, 6) is 6.29. The van der Waals surface area contributed by atoms with Crippen molar-refractivity contribution in [1.29, 1.82) is 0 Å². The highest BCUT2D eigenvalue weighted by atomic mass is 15.4. The van der Waals surface area contributed by atoms with Gasteiger partial charge in [0.1, 0.15) is 0 Å². The van der Waals surface area contributed by atoms with E-state index in [0.717, 1.165) is 30.8 Å². The van der Waals surface area contributed by atoms with E-state index in [-0.39, 0.29) is 0 Å². The van der Waals surface area contributed by atoms with Crippen molar-refractivity contribution in [2.75, 3.05) is 18.6 Å². The minimum atomic E-state index is 0.599. The number of likely N-dealkylation sites (N-methyl/N-ethyl adjacent to an activating group) is 1. The number of aryl methyl sites for hydroxylation is 1. The van der Waals surface area contributed by atoms with Gasteiger partial charge in [-0.15, -0.1) is 0 Å². The lowest BCUT2D eigenvalue weighted by atomic mass is 10.1. The summed E-state index contributed by atoms with van der Waals surface area (Å²) in [5, 5.41) is 1.74. The zero-order valence-corrected chi connectivity index (χ0v) is 14.1. The predicted octanol–water partition coefficient (Wildman–Crippen LogP) is 3.95. The molecular formula is C18H31N3. The van der Waals surface area contributed by atoms with Crippen molar-refractivity contribution in [3.63, 3.8) is 0 Å². The third-order valence-electron chi connectivity index (χ3n) is 4.12. The average Bonchev–Trinajstić information content (AvgIpc) is 2.51. The van der Waals surface area contributed by atoms with Crippen molar-refractivity contribution >= 4 is 5.69 Å². The molecule has 1 unspecified atom stereocenters. The molecule has 0 saturated carbocycles. The fourth-order valence-corrected chi connectivity index (χ4v) is 2.78. The van der Waals surface area contributed by atoms with Gasteiger partial charge in [-0.2, -0.15) is 0 Å². The van der Waals surface area contributed by atoms with Crippen molar-refractivity contribution in [2.45, 2.75) is 52.5 Å². The van der Waals surface area contributed by atoms with Crippen LogP contribution in [-0.2, 0) is 6.42 Å². The largest absolute Gasteiger partial charge is 0.298 e. The van der Waals surface area contributed by atoms with E-state index < -0.39 is 0 Å². The van der Waals surface area contributed by atoms with Crippen molar-refractivity contribution in [3.8, 4) is 0 Å². The number of nitrogens with two attached hydrogens (primary N) is 1. The summed E-state index contributed by atoms with van der Waals surface area (Å²) >= 11 is 0. The summed E-state index contributed by atoms with van der Waals surface area (Å²) in [6.07, 6.45) is 4.56. The number of hydrogen-bond acceptors (Lipinski definition) is 3. The summed E-state index contributed by atoms with van der Waals surface area (Å²) in [5.41, 5.74) is 3.25. The van der Waals surface area contributed by atoms with E-state index in [1.54, 1.807) is 5.01 Å². The van der Waals surface area contributed by atoms with Crippen LogP contribution in [0, 0.1) is 0 Å². The number of hydrogen-bond donors (Lipinski definition) is 1. The monoisotopic (exact) mass is 289 g/mol. The molecule has 1 aromatic carbocycles. The second-order valence-corrected chi connectivity index (χ2v) is 5.68. The van der Waals surface area contributed by atoms with Crippen LogP contribution < -0.4 is 10.9 Å². The maximum Gasteiger partial charge on any atom is 0.0603 e. The van der Waals surface area contributed by atoms with Gasteiger partial charge in [0, 0.05) is 18.3 Å². The summed E-state index contributed by atoms with van der Waals surface area (Å²) in [6, 6.07) is 8.86. The molecule has 0 fully saturated rings. The molecule has 2 N–H and O–H groups in total. The molecule has 0 spiro atoms. The Morgan fingerprint density at radius 3 is 2.48 bits per heavy atom. The zero-order valence-electron chi connectivity index (χ0n) is 14.1. The fraction of sp³-hybridized carbons (Fsp3) is 0.556. The minimum absolute atomic E-state index is 0.599. The van der Waals surface area contributed by atoms with Crippen molar-refractivity contribution < 1.29 is 0 Å². The molecular weight excluding hydrogens is 258 g/mol. The Morgan fingerprint density at radius 1 is 1.24 bits per heavy atom. The fourth-order valence-electron chi connectivity index (χ4n) is 2.78. The maximum absolute atomic E-state index is 6.29. The van der Waals surface area contributed by atoms with Crippen molar-refractivity contribution in [1.82, 2.24) is 4.90 Å². The molecule has 0 aliphatic heterocycles.